The van der Waals surface area contributed by atoms with Crippen molar-refractivity contribution in [2.24, 2.45) is 10.9 Å². The predicted octanol–water partition coefficient (Wildman–Crippen LogP) is 4.63. The van der Waals surface area contributed by atoms with Crippen LogP contribution in [-0.4, -0.2) is 24.4 Å². The van der Waals surface area contributed by atoms with E-state index in [-0.39, 0.29) is 0 Å². The molecule has 4 nitrogen and oxygen atoms in total. The van der Waals surface area contributed by atoms with E-state index in [4.69, 9.17) is 0 Å². The quantitative estimate of drug-likeness (QED) is 0.348. The minimum Gasteiger partial charge on any atom is -0.371 e. The molecule has 1 aromatic rings. The van der Waals surface area contributed by atoms with Crippen LogP contribution in [0.3, 0.4) is 0 Å². The Kier molecular flexibility index (Phi) is 8.43. The molecule has 2 rings (SSSR count). The Bertz CT molecular complexity index is 759. The van der Waals surface area contributed by atoms with Crippen molar-refractivity contribution in [3.63, 3.8) is 0 Å². The molecule has 0 bridgehead atoms. The number of hydrogen-bond donors (Lipinski definition) is 3. The molecule has 5 heteroatoms. The molecule has 0 amide bonds. The van der Waals surface area contributed by atoms with E-state index in [2.05, 4.69) is 46.3 Å². The van der Waals surface area contributed by atoms with Gasteiger partial charge in [0.2, 0.25) is 4.90 Å². The van der Waals surface area contributed by atoms with Crippen LogP contribution in [0.4, 0.5) is 0 Å². The molecule has 0 radical (unpaired) electrons. The van der Waals surface area contributed by atoms with Gasteiger partial charge in [0.15, 0.2) is 5.82 Å². The van der Waals surface area contributed by atoms with Gasteiger partial charge in [-0.15, -0.1) is 0 Å². The van der Waals surface area contributed by atoms with Crippen LogP contribution in [0.5, 0.6) is 0 Å². The fourth-order valence-corrected chi connectivity index (χ4v) is 3.67. The summed E-state index contributed by atoms with van der Waals surface area (Å²) in [4.78, 5) is 5.46. The fourth-order valence-electron chi connectivity index (χ4n) is 2.72. The summed E-state index contributed by atoms with van der Waals surface area (Å²) in [5.74, 6) is 1.32. The zero-order chi connectivity index (χ0) is 19.6. The Labute approximate surface area is 166 Å². The van der Waals surface area contributed by atoms with Gasteiger partial charge in [-0.3, -0.25) is 4.99 Å². The van der Waals surface area contributed by atoms with E-state index in [1.807, 2.05) is 57.4 Å². The van der Waals surface area contributed by atoms with Gasteiger partial charge in [-0.05, 0) is 43.9 Å². The molecule has 0 saturated heterocycles. The molecule has 1 aliphatic rings. The topological polar surface area (TPSA) is 56.6 Å². The average molecular weight is 385 g/mol. The number of aliphatic imine (C=N–C) groups is 1. The molecular formula is C22H30N3OS+. The number of rotatable bonds is 8. The SMILES string of the molecule is CN/C(N[S+](O)c1ccccc1)=C(\C=NCC1=CC(C)CC=C1)C=C(C)C. The zero-order valence-corrected chi connectivity index (χ0v) is 17.4. The Morgan fingerprint density at radius 2 is 2.04 bits per heavy atom. The highest BCUT2D eigenvalue weighted by molar-refractivity contribution is 7.89. The van der Waals surface area contributed by atoms with Crippen molar-refractivity contribution in [3.05, 3.63) is 77.2 Å². The van der Waals surface area contributed by atoms with Crippen LogP contribution in [0.1, 0.15) is 27.2 Å². The van der Waals surface area contributed by atoms with Crippen LogP contribution in [-0.2, 0) is 11.4 Å². The van der Waals surface area contributed by atoms with Crippen molar-refractivity contribution in [1.82, 2.24) is 10.0 Å². The van der Waals surface area contributed by atoms with Gasteiger partial charge in [0.25, 0.3) is 0 Å². The molecule has 0 spiro atoms. The standard InChI is InChI=1S/C22H30N3OS/c1-17(2)13-20(16-24-15-19-10-8-9-18(3)14-19)22(23-4)25-27(26)21-11-6-5-7-12-21/h5-8,10-14,16,18,23,25-26H,9,15H2,1-4H3/q+1/b22-20+,24-16?. The lowest BCUT2D eigenvalue weighted by atomic mass is 9.98. The van der Waals surface area contributed by atoms with Crippen LogP contribution >= 0.6 is 0 Å². The van der Waals surface area contributed by atoms with E-state index in [0.717, 1.165) is 28.3 Å². The lowest BCUT2D eigenvalue weighted by molar-refractivity contribution is 0.626. The first-order valence-corrected chi connectivity index (χ1v) is 10.4. The molecule has 0 aliphatic heterocycles. The number of nitrogens with one attached hydrogen (secondary N) is 2. The van der Waals surface area contributed by atoms with Crippen molar-refractivity contribution >= 4 is 17.6 Å². The molecule has 2 atom stereocenters. The predicted molar refractivity (Wildman–Crippen MR) is 118 cm³/mol. The molecule has 144 valence electrons. The van der Waals surface area contributed by atoms with Gasteiger partial charge in [0.05, 0.1) is 6.54 Å². The molecule has 0 heterocycles. The van der Waals surface area contributed by atoms with E-state index >= 15 is 0 Å². The van der Waals surface area contributed by atoms with Crippen molar-refractivity contribution < 1.29 is 4.55 Å². The molecule has 2 unspecified atom stereocenters. The third-order valence-corrected chi connectivity index (χ3v) is 5.11. The molecule has 0 aromatic heterocycles. The van der Waals surface area contributed by atoms with Crippen LogP contribution in [0.2, 0.25) is 0 Å². The summed E-state index contributed by atoms with van der Waals surface area (Å²) >= 11 is -1.10. The normalized spacial score (nSPS) is 18.6. The Morgan fingerprint density at radius 1 is 1.30 bits per heavy atom. The summed E-state index contributed by atoms with van der Waals surface area (Å²) in [6.45, 7) is 6.97. The Hall–Kier alpha value is -2.24. The number of nitrogens with zero attached hydrogens (tertiary/aromatic N) is 1. The van der Waals surface area contributed by atoms with Gasteiger partial charge in [-0.25, -0.2) is 0 Å². The Morgan fingerprint density at radius 3 is 2.67 bits per heavy atom. The smallest absolute Gasteiger partial charge is 0.304 e. The molecule has 1 aliphatic carbocycles. The largest absolute Gasteiger partial charge is 0.371 e. The number of hydrogen-bond acceptors (Lipinski definition) is 4. The second kappa shape index (κ2) is 10.8. The summed E-state index contributed by atoms with van der Waals surface area (Å²) in [5.41, 5.74) is 3.31. The maximum absolute atomic E-state index is 10.5. The van der Waals surface area contributed by atoms with Gasteiger partial charge in [-0.1, -0.05) is 55.0 Å². The lowest BCUT2D eigenvalue weighted by Gasteiger charge is -2.11. The number of benzene rings is 1. The van der Waals surface area contributed by atoms with Gasteiger partial charge in [-0.2, -0.15) is 9.27 Å². The van der Waals surface area contributed by atoms with Crippen molar-refractivity contribution in [2.75, 3.05) is 13.6 Å². The molecule has 27 heavy (non-hydrogen) atoms. The summed E-state index contributed by atoms with van der Waals surface area (Å²) in [7, 11) is 1.84. The van der Waals surface area contributed by atoms with Crippen LogP contribution in [0, 0.1) is 5.92 Å². The van der Waals surface area contributed by atoms with Gasteiger partial charge < -0.3 is 5.32 Å². The first kappa shape index (κ1) is 21.1. The van der Waals surface area contributed by atoms with E-state index in [0.29, 0.717) is 12.5 Å². The minimum atomic E-state index is -1.10. The molecule has 0 saturated carbocycles. The highest BCUT2D eigenvalue weighted by Crippen LogP contribution is 2.16. The highest BCUT2D eigenvalue weighted by Gasteiger charge is 2.22. The van der Waals surface area contributed by atoms with Gasteiger partial charge in [0.1, 0.15) is 0 Å². The third-order valence-electron chi connectivity index (χ3n) is 3.99. The zero-order valence-electron chi connectivity index (χ0n) is 16.6. The number of allylic oxidation sites excluding steroid dienone is 5. The molecule has 1 aromatic carbocycles. The van der Waals surface area contributed by atoms with E-state index in [9.17, 15) is 4.55 Å². The van der Waals surface area contributed by atoms with Gasteiger partial charge in [0, 0.05) is 18.8 Å². The average Bonchev–Trinajstić information content (AvgIpc) is 2.65. The summed E-state index contributed by atoms with van der Waals surface area (Å²) in [6.07, 6.45) is 11.7. The summed E-state index contributed by atoms with van der Waals surface area (Å²) < 4.78 is 13.7. The maximum atomic E-state index is 10.5. The molecule has 0 fully saturated rings. The first-order chi connectivity index (χ1) is 13.0. The monoisotopic (exact) mass is 384 g/mol. The molecule has 3 N–H and O–H groups in total. The van der Waals surface area contributed by atoms with Crippen molar-refractivity contribution in [2.45, 2.75) is 32.1 Å². The third kappa shape index (κ3) is 7.12. The summed E-state index contributed by atoms with van der Waals surface area (Å²) in [6, 6.07) is 9.58. The molecular weight excluding hydrogens is 354 g/mol. The van der Waals surface area contributed by atoms with E-state index in [1.54, 1.807) is 0 Å². The van der Waals surface area contributed by atoms with Gasteiger partial charge >= 0.3 is 11.4 Å². The fraction of sp³-hybridized carbons (Fsp3) is 0.318. The second-order valence-electron chi connectivity index (χ2n) is 6.83. The van der Waals surface area contributed by atoms with Crippen LogP contribution in [0.15, 0.2) is 87.1 Å². The van der Waals surface area contributed by atoms with Crippen molar-refractivity contribution in [3.8, 4) is 0 Å². The van der Waals surface area contributed by atoms with E-state index in [1.165, 1.54) is 5.57 Å². The maximum Gasteiger partial charge on any atom is 0.304 e. The Balaban J connectivity index is 2.19. The van der Waals surface area contributed by atoms with Crippen molar-refractivity contribution in [1.29, 1.82) is 0 Å². The van der Waals surface area contributed by atoms with Crippen LogP contribution in [0.25, 0.3) is 0 Å². The first-order valence-electron chi connectivity index (χ1n) is 9.18. The van der Waals surface area contributed by atoms with Crippen LogP contribution < -0.4 is 10.0 Å². The lowest BCUT2D eigenvalue weighted by Crippen LogP contribution is -2.31. The highest BCUT2D eigenvalue weighted by atomic mass is 32.2. The second-order valence-corrected chi connectivity index (χ2v) is 8.07. The summed E-state index contributed by atoms with van der Waals surface area (Å²) in [5, 5.41) is 3.15. The van der Waals surface area contributed by atoms with E-state index < -0.39 is 11.4 Å². The minimum absolute atomic E-state index is 0.574.